The smallest absolute Gasteiger partial charge is 0.0597 e. The van der Waals surface area contributed by atoms with Crippen molar-refractivity contribution in [1.82, 2.24) is 14.7 Å². The van der Waals surface area contributed by atoms with E-state index in [-0.39, 0.29) is 6.61 Å². The molecule has 1 saturated heterocycles. The lowest BCUT2D eigenvalue weighted by atomic mass is 10.1. The maximum absolute atomic E-state index is 9.53. The second kappa shape index (κ2) is 6.34. The second-order valence-corrected chi connectivity index (χ2v) is 5.25. The van der Waals surface area contributed by atoms with Gasteiger partial charge in [-0.1, -0.05) is 12.8 Å². The van der Waals surface area contributed by atoms with Crippen LogP contribution in [0.5, 0.6) is 0 Å². The molecule has 0 amide bonds. The minimum absolute atomic E-state index is 0.277. The third-order valence-electron chi connectivity index (χ3n) is 3.86. The largest absolute Gasteiger partial charge is 0.395 e. The highest BCUT2D eigenvalue weighted by atomic mass is 16.3. The van der Waals surface area contributed by atoms with Crippen molar-refractivity contribution in [3.63, 3.8) is 0 Å². The first-order valence-electron chi connectivity index (χ1n) is 7.12. The third kappa shape index (κ3) is 3.12. The zero-order valence-electron chi connectivity index (χ0n) is 11.6. The SMILES string of the molecule is CCn1nc(C)cc1CN1CCCCCC1CO. The molecular weight excluding hydrogens is 226 g/mol. The molecule has 18 heavy (non-hydrogen) atoms. The lowest BCUT2D eigenvalue weighted by molar-refractivity contribution is 0.116. The van der Waals surface area contributed by atoms with Crippen molar-refractivity contribution in [2.75, 3.05) is 13.2 Å². The highest BCUT2D eigenvalue weighted by Crippen LogP contribution is 2.19. The van der Waals surface area contributed by atoms with Crippen molar-refractivity contribution in [2.24, 2.45) is 0 Å². The molecule has 2 heterocycles. The summed E-state index contributed by atoms with van der Waals surface area (Å²) in [5, 5.41) is 14.0. The van der Waals surface area contributed by atoms with E-state index in [4.69, 9.17) is 0 Å². The van der Waals surface area contributed by atoms with Gasteiger partial charge in [0.1, 0.15) is 0 Å². The van der Waals surface area contributed by atoms with Crippen LogP contribution >= 0.6 is 0 Å². The summed E-state index contributed by atoms with van der Waals surface area (Å²) < 4.78 is 2.08. The number of likely N-dealkylation sites (tertiary alicyclic amines) is 1. The van der Waals surface area contributed by atoms with Gasteiger partial charge in [0.25, 0.3) is 0 Å². The topological polar surface area (TPSA) is 41.3 Å². The van der Waals surface area contributed by atoms with E-state index in [1.54, 1.807) is 0 Å². The number of hydrogen-bond donors (Lipinski definition) is 1. The van der Waals surface area contributed by atoms with E-state index in [0.717, 1.165) is 31.7 Å². The molecule has 102 valence electrons. The Kier molecular flexibility index (Phi) is 4.78. The van der Waals surface area contributed by atoms with Crippen LogP contribution < -0.4 is 0 Å². The molecule has 2 rings (SSSR count). The molecule has 0 aromatic carbocycles. The van der Waals surface area contributed by atoms with Crippen LogP contribution in [0.3, 0.4) is 0 Å². The Labute approximate surface area is 110 Å². The Morgan fingerprint density at radius 3 is 2.94 bits per heavy atom. The van der Waals surface area contributed by atoms with Crippen LogP contribution in [0.15, 0.2) is 6.07 Å². The van der Waals surface area contributed by atoms with Crippen molar-refractivity contribution in [3.8, 4) is 0 Å². The fourth-order valence-electron chi connectivity index (χ4n) is 2.86. The molecule has 1 aliphatic rings. The van der Waals surface area contributed by atoms with E-state index in [2.05, 4.69) is 27.7 Å². The number of aromatic nitrogens is 2. The first-order chi connectivity index (χ1) is 8.74. The summed E-state index contributed by atoms with van der Waals surface area (Å²) in [6.45, 7) is 7.38. The second-order valence-electron chi connectivity index (χ2n) is 5.25. The Balaban J connectivity index is 2.09. The van der Waals surface area contributed by atoms with Gasteiger partial charge in [0.15, 0.2) is 0 Å². The van der Waals surface area contributed by atoms with Crippen molar-refractivity contribution in [3.05, 3.63) is 17.5 Å². The number of aryl methyl sites for hydroxylation is 2. The summed E-state index contributed by atoms with van der Waals surface area (Å²) in [5.41, 5.74) is 2.36. The van der Waals surface area contributed by atoms with Crippen LogP contribution in [-0.4, -0.2) is 39.0 Å². The van der Waals surface area contributed by atoms with E-state index in [1.807, 2.05) is 6.92 Å². The fourth-order valence-corrected chi connectivity index (χ4v) is 2.86. The summed E-state index contributed by atoms with van der Waals surface area (Å²) in [7, 11) is 0. The molecule has 4 heteroatoms. The summed E-state index contributed by atoms with van der Waals surface area (Å²) in [5.74, 6) is 0. The van der Waals surface area contributed by atoms with E-state index >= 15 is 0 Å². The maximum atomic E-state index is 9.53. The molecule has 4 nitrogen and oxygen atoms in total. The molecule has 0 aliphatic carbocycles. The van der Waals surface area contributed by atoms with Gasteiger partial charge in [-0.3, -0.25) is 9.58 Å². The monoisotopic (exact) mass is 251 g/mol. The van der Waals surface area contributed by atoms with Gasteiger partial charge in [-0.05, 0) is 39.3 Å². The third-order valence-corrected chi connectivity index (χ3v) is 3.86. The molecule has 1 aliphatic heterocycles. The number of aliphatic hydroxyl groups is 1. The maximum Gasteiger partial charge on any atom is 0.0597 e. The van der Waals surface area contributed by atoms with Gasteiger partial charge in [-0.25, -0.2) is 0 Å². The van der Waals surface area contributed by atoms with Crippen molar-refractivity contribution < 1.29 is 5.11 Å². The molecule has 0 radical (unpaired) electrons. The summed E-state index contributed by atoms with van der Waals surface area (Å²) in [6.07, 6.45) is 4.90. The van der Waals surface area contributed by atoms with E-state index < -0.39 is 0 Å². The molecule has 1 N–H and O–H groups in total. The molecular formula is C14H25N3O. The average molecular weight is 251 g/mol. The Morgan fingerprint density at radius 2 is 2.22 bits per heavy atom. The van der Waals surface area contributed by atoms with Crippen LogP contribution in [0.1, 0.15) is 44.0 Å². The quantitative estimate of drug-likeness (QED) is 0.889. The molecule has 0 bridgehead atoms. The number of nitrogens with zero attached hydrogens (tertiary/aromatic N) is 3. The van der Waals surface area contributed by atoms with Gasteiger partial charge in [-0.2, -0.15) is 5.10 Å². The number of rotatable bonds is 4. The minimum atomic E-state index is 0.277. The molecule has 1 aromatic rings. The molecule has 1 unspecified atom stereocenters. The average Bonchev–Trinajstić information content (AvgIpc) is 2.59. The fraction of sp³-hybridized carbons (Fsp3) is 0.786. The van der Waals surface area contributed by atoms with Crippen molar-refractivity contribution >= 4 is 0 Å². The molecule has 1 aromatic heterocycles. The van der Waals surface area contributed by atoms with E-state index in [1.165, 1.54) is 25.0 Å². The normalized spacial score (nSPS) is 22.1. The molecule has 1 atom stereocenters. The Morgan fingerprint density at radius 1 is 1.39 bits per heavy atom. The first-order valence-corrected chi connectivity index (χ1v) is 7.12. The van der Waals surface area contributed by atoms with Crippen LogP contribution in [0.2, 0.25) is 0 Å². The number of aliphatic hydroxyl groups excluding tert-OH is 1. The van der Waals surface area contributed by atoms with Gasteiger partial charge < -0.3 is 5.11 Å². The lowest BCUT2D eigenvalue weighted by Gasteiger charge is -2.28. The van der Waals surface area contributed by atoms with Gasteiger partial charge in [-0.15, -0.1) is 0 Å². The first kappa shape index (κ1) is 13.6. The standard InChI is InChI=1S/C14H25N3O/c1-3-17-14(9-12(2)15-17)10-16-8-6-4-5-7-13(16)11-18/h9,13,18H,3-8,10-11H2,1-2H3. The molecule has 0 spiro atoms. The van der Waals surface area contributed by atoms with Crippen LogP contribution in [0.4, 0.5) is 0 Å². The predicted molar refractivity (Wildman–Crippen MR) is 72.4 cm³/mol. The van der Waals surface area contributed by atoms with Crippen LogP contribution in [0.25, 0.3) is 0 Å². The van der Waals surface area contributed by atoms with Gasteiger partial charge in [0.2, 0.25) is 0 Å². The van der Waals surface area contributed by atoms with E-state index in [0.29, 0.717) is 6.04 Å². The van der Waals surface area contributed by atoms with Gasteiger partial charge in [0.05, 0.1) is 18.0 Å². The Hall–Kier alpha value is -0.870. The Bertz CT molecular complexity index is 375. The summed E-state index contributed by atoms with van der Waals surface area (Å²) in [6, 6.07) is 2.50. The van der Waals surface area contributed by atoms with Gasteiger partial charge >= 0.3 is 0 Å². The highest BCUT2D eigenvalue weighted by molar-refractivity contribution is 5.09. The molecule has 0 saturated carbocycles. The minimum Gasteiger partial charge on any atom is -0.395 e. The molecule has 1 fully saturated rings. The zero-order valence-corrected chi connectivity index (χ0v) is 11.6. The zero-order chi connectivity index (χ0) is 13.0. The van der Waals surface area contributed by atoms with Crippen molar-refractivity contribution in [2.45, 2.75) is 58.7 Å². The van der Waals surface area contributed by atoms with Gasteiger partial charge in [0, 0.05) is 19.1 Å². The van der Waals surface area contributed by atoms with Crippen LogP contribution in [-0.2, 0) is 13.1 Å². The predicted octanol–water partition coefficient (Wildman–Crippen LogP) is 1.95. The summed E-state index contributed by atoms with van der Waals surface area (Å²) in [4.78, 5) is 2.43. The van der Waals surface area contributed by atoms with Crippen molar-refractivity contribution in [1.29, 1.82) is 0 Å². The van der Waals surface area contributed by atoms with E-state index in [9.17, 15) is 5.11 Å². The highest BCUT2D eigenvalue weighted by Gasteiger charge is 2.21. The number of hydrogen-bond acceptors (Lipinski definition) is 3. The van der Waals surface area contributed by atoms with Crippen LogP contribution in [0, 0.1) is 6.92 Å². The lowest BCUT2D eigenvalue weighted by Crippen LogP contribution is -2.37. The summed E-state index contributed by atoms with van der Waals surface area (Å²) >= 11 is 0.